The van der Waals surface area contributed by atoms with Crippen LogP contribution in [-0.4, -0.2) is 17.6 Å². The molecule has 14 heavy (non-hydrogen) atoms. The molecule has 0 aliphatic rings. The molecule has 2 N–H and O–H groups in total. The van der Waals surface area contributed by atoms with Gasteiger partial charge >= 0.3 is 5.97 Å². The zero-order valence-corrected chi connectivity index (χ0v) is 8.41. The van der Waals surface area contributed by atoms with Crippen LogP contribution in [0.2, 0.25) is 0 Å². The SMILES string of the molecule is CCOC(=O)c1nccc(CC)c1N. The standard InChI is InChI=1S/C10H14N2O2/c1-3-7-5-6-12-9(8(7)11)10(13)14-4-2/h5-6H,3-4,11H2,1-2H3. The van der Waals surface area contributed by atoms with E-state index in [1.165, 1.54) is 0 Å². The number of ether oxygens (including phenoxy) is 1. The number of nitrogens with two attached hydrogens (primary N) is 1. The predicted molar refractivity (Wildman–Crippen MR) is 54.0 cm³/mol. The minimum atomic E-state index is -0.458. The highest BCUT2D eigenvalue weighted by Crippen LogP contribution is 2.16. The smallest absolute Gasteiger partial charge is 0.359 e. The van der Waals surface area contributed by atoms with Gasteiger partial charge in [-0.25, -0.2) is 9.78 Å². The largest absolute Gasteiger partial charge is 0.461 e. The van der Waals surface area contributed by atoms with Crippen LogP contribution in [0.3, 0.4) is 0 Å². The van der Waals surface area contributed by atoms with Gasteiger partial charge in [-0.1, -0.05) is 6.92 Å². The molecule has 0 fully saturated rings. The summed E-state index contributed by atoms with van der Waals surface area (Å²) in [4.78, 5) is 15.3. The van der Waals surface area contributed by atoms with Gasteiger partial charge in [0.1, 0.15) is 0 Å². The molecule has 0 atom stereocenters. The highest BCUT2D eigenvalue weighted by Gasteiger charge is 2.13. The molecule has 0 aromatic carbocycles. The molecule has 0 bridgehead atoms. The summed E-state index contributed by atoms with van der Waals surface area (Å²) >= 11 is 0. The van der Waals surface area contributed by atoms with Gasteiger partial charge in [-0.15, -0.1) is 0 Å². The van der Waals surface area contributed by atoms with Crippen LogP contribution in [0.15, 0.2) is 12.3 Å². The van der Waals surface area contributed by atoms with Crippen LogP contribution < -0.4 is 5.73 Å². The average molecular weight is 194 g/mol. The van der Waals surface area contributed by atoms with Gasteiger partial charge in [-0.3, -0.25) is 0 Å². The Hall–Kier alpha value is -1.58. The maximum absolute atomic E-state index is 11.4. The van der Waals surface area contributed by atoms with Crippen molar-refractivity contribution in [2.24, 2.45) is 0 Å². The van der Waals surface area contributed by atoms with E-state index in [0.29, 0.717) is 12.3 Å². The molecule has 4 nitrogen and oxygen atoms in total. The van der Waals surface area contributed by atoms with Gasteiger partial charge in [0.05, 0.1) is 12.3 Å². The van der Waals surface area contributed by atoms with Gasteiger partial charge in [-0.05, 0) is 25.0 Å². The van der Waals surface area contributed by atoms with E-state index in [4.69, 9.17) is 10.5 Å². The van der Waals surface area contributed by atoms with Crippen LogP contribution >= 0.6 is 0 Å². The summed E-state index contributed by atoms with van der Waals surface area (Å²) in [7, 11) is 0. The number of carbonyl (C=O) groups is 1. The van der Waals surface area contributed by atoms with Crippen LogP contribution in [0.4, 0.5) is 5.69 Å². The van der Waals surface area contributed by atoms with Crippen molar-refractivity contribution in [3.05, 3.63) is 23.5 Å². The number of hydrogen-bond donors (Lipinski definition) is 1. The summed E-state index contributed by atoms with van der Waals surface area (Å²) in [6, 6.07) is 1.80. The molecule has 0 aliphatic carbocycles. The Bertz CT molecular complexity index is 337. The Morgan fingerprint density at radius 2 is 2.29 bits per heavy atom. The van der Waals surface area contributed by atoms with E-state index in [0.717, 1.165) is 12.0 Å². The van der Waals surface area contributed by atoms with E-state index in [-0.39, 0.29) is 5.69 Å². The first-order valence-electron chi connectivity index (χ1n) is 4.61. The number of rotatable bonds is 3. The van der Waals surface area contributed by atoms with Crippen molar-refractivity contribution in [3.8, 4) is 0 Å². The Morgan fingerprint density at radius 3 is 2.86 bits per heavy atom. The van der Waals surface area contributed by atoms with Crippen LogP contribution in [0.25, 0.3) is 0 Å². The molecular weight excluding hydrogens is 180 g/mol. The first kappa shape index (κ1) is 10.5. The molecule has 0 saturated heterocycles. The summed E-state index contributed by atoms with van der Waals surface area (Å²) < 4.78 is 4.83. The van der Waals surface area contributed by atoms with E-state index in [1.807, 2.05) is 6.92 Å². The van der Waals surface area contributed by atoms with Crippen molar-refractivity contribution < 1.29 is 9.53 Å². The number of nitrogen functional groups attached to an aromatic ring is 1. The molecule has 0 amide bonds. The fourth-order valence-corrected chi connectivity index (χ4v) is 1.18. The van der Waals surface area contributed by atoms with Crippen LogP contribution in [0.1, 0.15) is 29.9 Å². The molecule has 1 aromatic rings. The van der Waals surface area contributed by atoms with Gasteiger partial charge < -0.3 is 10.5 Å². The maximum Gasteiger partial charge on any atom is 0.359 e. The third-order valence-corrected chi connectivity index (χ3v) is 1.93. The number of nitrogens with zero attached hydrogens (tertiary/aromatic N) is 1. The lowest BCUT2D eigenvalue weighted by Crippen LogP contribution is -2.11. The summed E-state index contributed by atoms with van der Waals surface area (Å²) in [5.41, 5.74) is 7.32. The fraction of sp³-hybridized carbons (Fsp3) is 0.400. The first-order valence-corrected chi connectivity index (χ1v) is 4.61. The number of hydrogen-bond acceptors (Lipinski definition) is 4. The molecule has 76 valence electrons. The topological polar surface area (TPSA) is 65.2 Å². The van der Waals surface area contributed by atoms with Gasteiger partial charge in [0, 0.05) is 6.20 Å². The van der Waals surface area contributed by atoms with Crippen molar-refractivity contribution in [2.75, 3.05) is 12.3 Å². The molecular formula is C10H14N2O2. The lowest BCUT2D eigenvalue weighted by molar-refractivity contribution is 0.0521. The van der Waals surface area contributed by atoms with Crippen molar-refractivity contribution in [1.82, 2.24) is 4.98 Å². The average Bonchev–Trinajstić information content (AvgIpc) is 2.18. The van der Waals surface area contributed by atoms with Crippen LogP contribution in [-0.2, 0) is 11.2 Å². The van der Waals surface area contributed by atoms with E-state index in [9.17, 15) is 4.79 Å². The quantitative estimate of drug-likeness (QED) is 0.739. The molecule has 0 radical (unpaired) electrons. The molecule has 1 heterocycles. The molecule has 1 rings (SSSR count). The van der Waals surface area contributed by atoms with E-state index < -0.39 is 5.97 Å². The Morgan fingerprint density at radius 1 is 1.57 bits per heavy atom. The summed E-state index contributed by atoms with van der Waals surface area (Å²) in [5.74, 6) is -0.458. The van der Waals surface area contributed by atoms with Gasteiger partial charge in [0.15, 0.2) is 5.69 Å². The number of anilines is 1. The molecule has 0 unspecified atom stereocenters. The minimum absolute atomic E-state index is 0.214. The highest BCUT2D eigenvalue weighted by atomic mass is 16.5. The Balaban J connectivity index is 3.03. The Kier molecular flexibility index (Phi) is 3.45. The van der Waals surface area contributed by atoms with E-state index in [1.54, 1.807) is 19.2 Å². The summed E-state index contributed by atoms with van der Waals surface area (Å²) in [5, 5.41) is 0. The van der Waals surface area contributed by atoms with Crippen LogP contribution in [0, 0.1) is 0 Å². The van der Waals surface area contributed by atoms with Crippen molar-refractivity contribution in [1.29, 1.82) is 0 Å². The molecule has 0 saturated carbocycles. The van der Waals surface area contributed by atoms with Crippen molar-refractivity contribution >= 4 is 11.7 Å². The number of aryl methyl sites for hydroxylation is 1. The third-order valence-electron chi connectivity index (χ3n) is 1.93. The Labute approximate surface area is 83.1 Å². The maximum atomic E-state index is 11.4. The molecule has 0 spiro atoms. The van der Waals surface area contributed by atoms with E-state index >= 15 is 0 Å². The predicted octanol–water partition coefficient (Wildman–Crippen LogP) is 1.40. The zero-order chi connectivity index (χ0) is 10.6. The lowest BCUT2D eigenvalue weighted by atomic mass is 10.1. The van der Waals surface area contributed by atoms with Crippen LogP contribution in [0.5, 0.6) is 0 Å². The fourth-order valence-electron chi connectivity index (χ4n) is 1.18. The number of aromatic nitrogens is 1. The second kappa shape index (κ2) is 4.60. The molecule has 0 aliphatic heterocycles. The number of pyridine rings is 1. The van der Waals surface area contributed by atoms with Crippen molar-refractivity contribution in [3.63, 3.8) is 0 Å². The summed E-state index contributed by atoms with van der Waals surface area (Å²) in [6.45, 7) is 4.05. The third kappa shape index (κ3) is 2.02. The number of esters is 1. The summed E-state index contributed by atoms with van der Waals surface area (Å²) in [6.07, 6.45) is 2.35. The molecule has 1 aromatic heterocycles. The monoisotopic (exact) mass is 194 g/mol. The zero-order valence-electron chi connectivity index (χ0n) is 8.41. The van der Waals surface area contributed by atoms with Gasteiger partial charge in [-0.2, -0.15) is 0 Å². The normalized spacial score (nSPS) is 9.86. The van der Waals surface area contributed by atoms with Crippen molar-refractivity contribution in [2.45, 2.75) is 20.3 Å². The highest BCUT2D eigenvalue weighted by molar-refractivity contribution is 5.93. The second-order valence-corrected chi connectivity index (χ2v) is 2.81. The second-order valence-electron chi connectivity index (χ2n) is 2.81. The molecule has 4 heteroatoms. The van der Waals surface area contributed by atoms with Gasteiger partial charge in [0.25, 0.3) is 0 Å². The minimum Gasteiger partial charge on any atom is -0.461 e. The first-order chi connectivity index (χ1) is 6.70. The lowest BCUT2D eigenvalue weighted by Gasteiger charge is -2.07. The van der Waals surface area contributed by atoms with Gasteiger partial charge in [0.2, 0.25) is 0 Å². The number of carbonyl (C=O) groups excluding carboxylic acids is 1. The van der Waals surface area contributed by atoms with E-state index in [2.05, 4.69) is 4.98 Å².